The Balaban J connectivity index is 1.86. The Morgan fingerprint density at radius 3 is 2.35 bits per heavy atom. The van der Waals surface area contributed by atoms with Gasteiger partial charge in [0, 0.05) is 42.3 Å². The molecule has 1 aliphatic rings. The number of nitrogens with one attached hydrogen (secondary N) is 1. The molecule has 1 fully saturated rings. The maximum absolute atomic E-state index is 12.2. The Morgan fingerprint density at radius 1 is 1.15 bits per heavy atom. The first-order valence-corrected chi connectivity index (χ1v) is 11.9. The summed E-state index contributed by atoms with van der Waals surface area (Å²) in [5.74, 6) is -0.954. The van der Waals surface area contributed by atoms with Gasteiger partial charge in [0.15, 0.2) is 0 Å². The van der Waals surface area contributed by atoms with Crippen LogP contribution >= 0.6 is 0 Å². The number of amides is 1. The molecule has 0 atom stereocenters. The number of carboxylic acids is 1. The first kappa shape index (κ1) is 25.5. The zero-order valence-corrected chi connectivity index (χ0v) is 21.0. The summed E-state index contributed by atoms with van der Waals surface area (Å²) in [4.78, 5) is 35.2. The maximum atomic E-state index is 12.2. The number of aromatic carboxylic acids is 1. The highest BCUT2D eigenvalue weighted by Gasteiger charge is 2.30. The van der Waals surface area contributed by atoms with Crippen LogP contribution in [0, 0.1) is 13.8 Å². The van der Waals surface area contributed by atoms with Gasteiger partial charge in [-0.25, -0.2) is 9.59 Å². The fourth-order valence-electron chi connectivity index (χ4n) is 4.86. The number of anilines is 1. The SMILES string of the molecule is CCN(c1c(C)c(C(=O)O)cc(-c2cnccn2)c1C)C1CCC(NC(=O)OC(C)(C)C)CC1. The van der Waals surface area contributed by atoms with Gasteiger partial charge in [0.2, 0.25) is 0 Å². The lowest BCUT2D eigenvalue weighted by molar-refractivity contribution is 0.0490. The number of rotatable bonds is 6. The van der Waals surface area contributed by atoms with Gasteiger partial charge in [0.05, 0.1) is 17.5 Å². The van der Waals surface area contributed by atoms with Crippen molar-refractivity contribution in [2.75, 3.05) is 11.4 Å². The number of hydrogen-bond donors (Lipinski definition) is 2. The molecule has 8 heteroatoms. The third kappa shape index (κ3) is 5.85. The van der Waals surface area contributed by atoms with Gasteiger partial charge in [-0.2, -0.15) is 0 Å². The quantitative estimate of drug-likeness (QED) is 0.606. The zero-order valence-electron chi connectivity index (χ0n) is 21.0. The molecule has 1 aliphatic carbocycles. The molecule has 1 aromatic heterocycles. The normalized spacial score (nSPS) is 18.3. The number of alkyl carbamates (subject to hydrolysis) is 1. The second kappa shape index (κ2) is 10.4. The Bertz CT molecular complexity index is 1030. The Hall–Kier alpha value is -3.16. The summed E-state index contributed by atoms with van der Waals surface area (Å²) in [7, 11) is 0. The Labute approximate surface area is 201 Å². The van der Waals surface area contributed by atoms with Crippen molar-refractivity contribution in [3.63, 3.8) is 0 Å². The predicted octanol–water partition coefficient (Wildman–Crippen LogP) is 5.12. The van der Waals surface area contributed by atoms with Crippen LogP contribution in [0.1, 0.15) is 74.9 Å². The standard InChI is InChI=1S/C26H36N4O4/c1-7-30(19-10-8-18(9-11-19)29-25(33)34-26(4,5)6)23-16(2)20(22-15-27-12-13-28-22)14-21(17(23)3)24(31)32/h12-15,18-19H,7-11H2,1-6H3,(H,29,33)(H,31,32). The van der Waals surface area contributed by atoms with Crippen LogP contribution in [-0.4, -0.2) is 51.4 Å². The van der Waals surface area contributed by atoms with Crippen molar-refractivity contribution >= 4 is 17.7 Å². The van der Waals surface area contributed by atoms with Crippen LogP contribution in [0.4, 0.5) is 10.5 Å². The summed E-state index contributed by atoms with van der Waals surface area (Å²) >= 11 is 0. The van der Waals surface area contributed by atoms with Gasteiger partial charge in [-0.1, -0.05) is 0 Å². The van der Waals surface area contributed by atoms with Crippen molar-refractivity contribution in [3.05, 3.63) is 41.3 Å². The van der Waals surface area contributed by atoms with Crippen molar-refractivity contribution in [1.82, 2.24) is 15.3 Å². The molecular formula is C26H36N4O4. The molecule has 0 radical (unpaired) electrons. The number of carbonyl (C=O) groups is 2. The van der Waals surface area contributed by atoms with Gasteiger partial charge < -0.3 is 20.1 Å². The lowest BCUT2D eigenvalue weighted by Crippen LogP contribution is -2.45. The molecule has 1 heterocycles. The van der Waals surface area contributed by atoms with E-state index < -0.39 is 11.6 Å². The van der Waals surface area contributed by atoms with E-state index in [0.29, 0.717) is 5.69 Å². The van der Waals surface area contributed by atoms with E-state index in [1.807, 2.05) is 34.6 Å². The average molecular weight is 469 g/mol. The van der Waals surface area contributed by atoms with Crippen molar-refractivity contribution < 1.29 is 19.4 Å². The predicted molar refractivity (Wildman–Crippen MR) is 132 cm³/mol. The van der Waals surface area contributed by atoms with E-state index in [0.717, 1.165) is 54.6 Å². The van der Waals surface area contributed by atoms with E-state index in [-0.39, 0.29) is 23.7 Å². The smallest absolute Gasteiger partial charge is 0.407 e. The first-order chi connectivity index (χ1) is 16.0. The van der Waals surface area contributed by atoms with Gasteiger partial charge in [0.25, 0.3) is 0 Å². The van der Waals surface area contributed by atoms with Crippen molar-refractivity contribution in [1.29, 1.82) is 0 Å². The van der Waals surface area contributed by atoms with E-state index in [1.54, 1.807) is 24.7 Å². The molecule has 2 aromatic rings. The van der Waals surface area contributed by atoms with Crippen molar-refractivity contribution in [3.8, 4) is 11.3 Å². The van der Waals surface area contributed by atoms with E-state index in [9.17, 15) is 14.7 Å². The van der Waals surface area contributed by atoms with Gasteiger partial charge in [0.1, 0.15) is 5.60 Å². The molecule has 1 amide bonds. The van der Waals surface area contributed by atoms with Gasteiger partial charge in [-0.05, 0) is 84.4 Å². The molecule has 3 rings (SSSR count). The fourth-order valence-corrected chi connectivity index (χ4v) is 4.86. The fraction of sp³-hybridized carbons (Fsp3) is 0.538. The van der Waals surface area contributed by atoms with Crippen LogP contribution in [0.15, 0.2) is 24.7 Å². The molecule has 34 heavy (non-hydrogen) atoms. The third-order valence-electron chi connectivity index (χ3n) is 6.36. The molecule has 8 nitrogen and oxygen atoms in total. The number of hydrogen-bond acceptors (Lipinski definition) is 6. The summed E-state index contributed by atoms with van der Waals surface area (Å²) in [5, 5.41) is 12.9. The summed E-state index contributed by atoms with van der Waals surface area (Å²) in [5.41, 5.74) is 3.90. The van der Waals surface area contributed by atoms with Crippen LogP contribution in [0.5, 0.6) is 0 Å². The lowest BCUT2D eigenvalue weighted by Gasteiger charge is -2.40. The lowest BCUT2D eigenvalue weighted by atomic mass is 9.88. The zero-order chi connectivity index (χ0) is 25.0. The second-order valence-electron chi connectivity index (χ2n) is 9.90. The summed E-state index contributed by atoms with van der Waals surface area (Å²) in [6, 6.07) is 2.03. The van der Waals surface area contributed by atoms with Gasteiger partial charge in [-0.3, -0.25) is 9.97 Å². The summed E-state index contributed by atoms with van der Waals surface area (Å²) in [6.07, 6.45) is 7.98. The minimum absolute atomic E-state index is 0.0764. The van der Waals surface area contributed by atoms with Crippen LogP contribution in [0.2, 0.25) is 0 Å². The van der Waals surface area contributed by atoms with Crippen LogP contribution < -0.4 is 10.2 Å². The van der Waals surface area contributed by atoms with Gasteiger partial charge in [-0.15, -0.1) is 0 Å². The van der Waals surface area contributed by atoms with Crippen molar-refractivity contribution in [2.24, 2.45) is 0 Å². The average Bonchev–Trinajstić information content (AvgIpc) is 2.76. The molecule has 0 aliphatic heterocycles. The van der Waals surface area contributed by atoms with E-state index in [4.69, 9.17) is 4.74 Å². The highest BCUT2D eigenvalue weighted by Crippen LogP contribution is 2.38. The monoisotopic (exact) mass is 468 g/mol. The minimum Gasteiger partial charge on any atom is -0.478 e. The Kier molecular flexibility index (Phi) is 7.79. The third-order valence-corrected chi connectivity index (χ3v) is 6.36. The summed E-state index contributed by atoms with van der Waals surface area (Å²) < 4.78 is 5.40. The van der Waals surface area contributed by atoms with Crippen LogP contribution in [0.25, 0.3) is 11.3 Å². The molecule has 184 valence electrons. The van der Waals surface area contributed by atoms with E-state index >= 15 is 0 Å². The Morgan fingerprint density at radius 2 is 1.82 bits per heavy atom. The first-order valence-electron chi connectivity index (χ1n) is 11.9. The van der Waals surface area contributed by atoms with Crippen LogP contribution in [0.3, 0.4) is 0 Å². The molecule has 0 spiro atoms. The largest absolute Gasteiger partial charge is 0.478 e. The molecule has 2 N–H and O–H groups in total. The number of ether oxygens (including phenoxy) is 1. The molecular weight excluding hydrogens is 432 g/mol. The number of aromatic nitrogens is 2. The molecule has 0 saturated heterocycles. The molecule has 1 aromatic carbocycles. The number of nitrogens with zero attached hydrogens (tertiary/aromatic N) is 3. The van der Waals surface area contributed by atoms with E-state index in [2.05, 4.69) is 27.1 Å². The summed E-state index contributed by atoms with van der Waals surface area (Å²) in [6.45, 7) is 12.3. The van der Waals surface area contributed by atoms with Gasteiger partial charge >= 0.3 is 12.1 Å². The maximum Gasteiger partial charge on any atom is 0.407 e. The highest BCUT2D eigenvalue weighted by molar-refractivity contribution is 5.94. The molecule has 0 unspecified atom stereocenters. The van der Waals surface area contributed by atoms with E-state index in [1.165, 1.54) is 0 Å². The van der Waals surface area contributed by atoms with Crippen LogP contribution in [-0.2, 0) is 4.74 Å². The second-order valence-corrected chi connectivity index (χ2v) is 9.90. The topological polar surface area (TPSA) is 105 Å². The number of benzene rings is 1. The molecule has 0 bridgehead atoms. The molecule has 1 saturated carbocycles. The highest BCUT2D eigenvalue weighted by atomic mass is 16.6. The van der Waals surface area contributed by atoms with Crippen molar-refractivity contribution in [2.45, 2.75) is 84.9 Å². The minimum atomic E-state index is -0.954. The number of carbonyl (C=O) groups excluding carboxylic acids is 1. The number of carboxylic acid groups (broad SMARTS) is 1.